The SMILES string of the molecule is CCNc1cc(NCc2ncc(C)s2)ncn1. The fourth-order valence-corrected chi connectivity index (χ4v) is 2.11. The first-order chi connectivity index (χ1) is 8.28. The first-order valence-electron chi connectivity index (χ1n) is 5.49. The lowest BCUT2D eigenvalue weighted by Crippen LogP contribution is -2.04. The Morgan fingerprint density at radius 2 is 1.94 bits per heavy atom. The van der Waals surface area contributed by atoms with Crippen LogP contribution in [0.4, 0.5) is 11.6 Å². The van der Waals surface area contributed by atoms with Crippen LogP contribution < -0.4 is 10.6 Å². The summed E-state index contributed by atoms with van der Waals surface area (Å²) in [6.45, 7) is 5.63. The van der Waals surface area contributed by atoms with Crippen molar-refractivity contribution < 1.29 is 0 Å². The van der Waals surface area contributed by atoms with Gasteiger partial charge in [-0.2, -0.15) is 0 Å². The van der Waals surface area contributed by atoms with Gasteiger partial charge in [-0.1, -0.05) is 0 Å². The van der Waals surface area contributed by atoms with E-state index in [1.54, 1.807) is 17.7 Å². The highest BCUT2D eigenvalue weighted by atomic mass is 32.1. The number of thiazole rings is 1. The molecule has 0 bridgehead atoms. The summed E-state index contributed by atoms with van der Waals surface area (Å²) >= 11 is 1.69. The Kier molecular flexibility index (Phi) is 3.87. The number of aryl methyl sites for hydroxylation is 1. The van der Waals surface area contributed by atoms with E-state index < -0.39 is 0 Å². The molecule has 0 aliphatic carbocycles. The van der Waals surface area contributed by atoms with Gasteiger partial charge in [0.15, 0.2) is 0 Å². The van der Waals surface area contributed by atoms with E-state index in [9.17, 15) is 0 Å². The molecule has 2 aromatic rings. The van der Waals surface area contributed by atoms with Crippen LogP contribution in [0.15, 0.2) is 18.6 Å². The molecule has 0 radical (unpaired) electrons. The van der Waals surface area contributed by atoms with Gasteiger partial charge in [0.2, 0.25) is 0 Å². The fraction of sp³-hybridized carbons (Fsp3) is 0.364. The van der Waals surface area contributed by atoms with Crippen LogP contribution >= 0.6 is 11.3 Å². The van der Waals surface area contributed by atoms with Gasteiger partial charge in [0.05, 0.1) is 6.54 Å². The first kappa shape index (κ1) is 11.8. The van der Waals surface area contributed by atoms with Crippen LogP contribution in [0.5, 0.6) is 0 Å². The fourth-order valence-electron chi connectivity index (χ4n) is 1.38. The number of rotatable bonds is 5. The maximum atomic E-state index is 4.29. The predicted molar refractivity (Wildman–Crippen MR) is 70.4 cm³/mol. The zero-order valence-corrected chi connectivity index (χ0v) is 10.7. The number of nitrogens with one attached hydrogen (secondary N) is 2. The van der Waals surface area contributed by atoms with Crippen LogP contribution in [0.2, 0.25) is 0 Å². The van der Waals surface area contributed by atoms with E-state index in [0.29, 0.717) is 6.54 Å². The quantitative estimate of drug-likeness (QED) is 0.851. The van der Waals surface area contributed by atoms with Gasteiger partial charge in [0.25, 0.3) is 0 Å². The molecule has 0 saturated heterocycles. The van der Waals surface area contributed by atoms with Crippen LogP contribution in [0.25, 0.3) is 0 Å². The number of hydrogen-bond acceptors (Lipinski definition) is 6. The summed E-state index contributed by atoms with van der Waals surface area (Å²) in [5.41, 5.74) is 0. The van der Waals surface area contributed by atoms with Crippen LogP contribution in [-0.4, -0.2) is 21.5 Å². The summed E-state index contributed by atoms with van der Waals surface area (Å²) < 4.78 is 0. The average molecular weight is 249 g/mol. The smallest absolute Gasteiger partial charge is 0.131 e. The summed E-state index contributed by atoms with van der Waals surface area (Å²) in [5.74, 6) is 1.64. The van der Waals surface area contributed by atoms with Crippen molar-refractivity contribution in [1.29, 1.82) is 0 Å². The highest BCUT2D eigenvalue weighted by Crippen LogP contribution is 2.14. The molecule has 0 aromatic carbocycles. The van der Waals surface area contributed by atoms with Gasteiger partial charge >= 0.3 is 0 Å². The van der Waals surface area contributed by atoms with Crippen molar-refractivity contribution in [3.63, 3.8) is 0 Å². The third-order valence-corrected chi connectivity index (χ3v) is 3.03. The largest absolute Gasteiger partial charge is 0.370 e. The van der Waals surface area contributed by atoms with Gasteiger partial charge in [0, 0.05) is 23.7 Å². The predicted octanol–water partition coefficient (Wildman–Crippen LogP) is 2.29. The first-order valence-corrected chi connectivity index (χ1v) is 6.30. The minimum Gasteiger partial charge on any atom is -0.370 e. The third-order valence-electron chi connectivity index (χ3n) is 2.11. The Morgan fingerprint density at radius 1 is 1.18 bits per heavy atom. The molecule has 2 aromatic heterocycles. The molecule has 0 spiro atoms. The van der Waals surface area contributed by atoms with Gasteiger partial charge in [-0.15, -0.1) is 11.3 Å². The van der Waals surface area contributed by atoms with Crippen LogP contribution in [0.1, 0.15) is 16.8 Å². The normalized spacial score (nSPS) is 10.2. The molecule has 0 amide bonds. The minimum atomic E-state index is 0.696. The molecule has 90 valence electrons. The standard InChI is InChI=1S/C11H15N5S/c1-3-12-9-4-10(16-7-15-9)13-6-11-14-5-8(2)17-11/h4-5,7H,3,6H2,1-2H3,(H2,12,13,15,16). The zero-order valence-electron chi connectivity index (χ0n) is 9.90. The molecule has 6 heteroatoms. The van der Waals surface area contributed by atoms with Gasteiger partial charge < -0.3 is 10.6 Å². The van der Waals surface area contributed by atoms with Crippen LogP contribution in [0, 0.1) is 6.92 Å². The summed E-state index contributed by atoms with van der Waals surface area (Å²) in [5, 5.41) is 7.44. The van der Waals surface area contributed by atoms with Crippen molar-refractivity contribution in [1.82, 2.24) is 15.0 Å². The Morgan fingerprint density at radius 3 is 2.59 bits per heavy atom. The van der Waals surface area contributed by atoms with Crippen LogP contribution in [0.3, 0.4) is 0 Å². The molecule has 0 aliphatic heterocycles. The van der Waals surface area contributed by atoms with Crippen molar-refractivity contribution in [2.45, 2.75) is 20.4 Å². The second-order valence-corrected chi connectivity index (χ2v) is 4.86. The maximum Gasteiger partial charge on any atom is 0.131 e. The summed E-state index contributed by atoms with van der Waals surface area (Å²) in [6, 6.07) is 1.89. The molecule has 0 saturated carbocycles. The molecule has 2 N–H and O–H groups in total. The monoisotopic (exact) mass is 249 g/mol. The van der Waals surface area contributed by atoms with Crippen molar-refractivity contribution in [3.05, 3.63) is 28.5 Å². The highest BCUT2D eigenvalue weighted by molar-refractivity contribution is 7.11. The summed E-state index contributed by atoms with van der Waals surface area (Å²) in [7, 11) is 0. The molecule has 2 rings (SSSR count). The van der Waals surface area contributed by atoms with Gasteiger partial charge in [-0.05, 0) is 13.8 Å². The molecule has 0 fully saturated rings. The van der Waals surface area contributed by atoms with E-state index in [-0.39, 0.29) is 0 Å². The molecule has 0 aliphatic rings. The van der Waals surface area contributed by atoms with Crippen molar-refractivity contribution in [2.24, 2.45) is 0 Å². The number of hydrogen-bond donors (Lipinski definition) is 2. The second-order valence-electron chi connectivity index (χ2n) is 3.54. The molecule has 5 nitrogen and oxygen atoms in total. The van der Waals surface area contributed by atoms with Gasteiger partial charge in [-0.25, -0.2) is 15.0 Å². The van der Waals surface area contributed by atoms with E-state index in [1.165, 1.54) is 4.88 Å². The number of anilines is 2. The zero-order chi connectivity index (χ0) is 12.1. The van der Waals surface area contributed by atoms with Crippen molar-refractivity contribution >= 4 is 23.0 Å². The topological polar surface area (TPSA) is 62.7 Å². The molecule has 0 unspecified atom stereocenters. The van der Waals surface area contributed by atoms with E-state index in [1.807, 2.05) is 19.2 Å². The summed E-state index contributed by atoms with van der Waals surface area (Å²) in [4.78, 5) is 13.8. The van der Waals surface area contributed by atoms with E-state index in [4.69, 9.17) is 0 Å². The average Bonchev–Trinajstić information content (AvgIpc) is 2.74. The third kappa shape index (κ3) is 3.39. The van der Waals surface area contributed by atoms with Crippen molar-refractivity contribution in [3.8, 4) is 0 Å². The Bertz CT molecular complexity index is 482. The maximum absolute atomic E-state index is 4.29. The van der Waals surface area contributed by atoms with Crippen molar-refractivity contribution in [2.75, 3.05) is 17.2 Å². The second kappa shape index (κ2) is 5.58. The molecular weight excluding hydrogens is 234 g/mol. The van der Waals surface area contributed by atoms with E-state index in [0.717, 1.165) is 23.2 Å². The number of nitrogens with zero attached hydrogens (tertiary/aromatic N) is 3. The molecule has 17 heavy (non-hydrogen) atoms. The van der Waals surface area contributed by atoms with Crippen LogP contribution in [-0.2, 0) is 6.54 Å². The molecular formula is C11H15N5S. The number of aromatic nitrogens is 3. The molecule has 0 atom stereocenters. The summed E-state index contributed by atoms with van der Waals surface area (Å²) in [6.07, 6.45) is 3.43. The lowest BCUT2D eigenvalue weighted by Gasteiger charge is -2.05. The lowest BCUT2D eigenvalue weighted by molar-refractivity contribution is 1.05. The Labute approximate surface area is 104 Å². The van der Waals surface area contributed by atoms with E-state index >= 15 is 0 Å². The highest BCUT2D eigenvalue weighted by Gasteiger charge is 2.00. The Balaban J connectivity index is 1.96. The Hall–Kier alpha value is -1.69. The minimum absolute atomic E-state index is 0.696. The van der Waals surface area contributed by atoms with Gasteiger partial charge in [-0.3, -0.25) is 0 Å². The molecule has 2 heterocycles. The van der Waals surface area contributed by atoms with Gasteiger partial charge in [0.1, 0.15) is 23.0 Å². The lowest BCUT2D eigenvalue weighted by atomic mass is 10.5. The van der Waals surface area contributed by atoms with E-state index in [2.05, 4.69) is 32.5 Å².